The highest BCUT2D eigenvalue weighted by Gasteiger charge is 2.23. The van der Waals surface area contributed by atoms with Crippen molar-refractivity contribution in [2.24, 2.45) is 0 Å². The third kappa shape index (κ3) is 4.99. The van der Waals surface area contributed by atoms with Gasteiger partial charge in [-0.1, -0.05) is 29.1 Å². The van der Waals surface area contributed by atoms with Crippen molar-refractivity contribution >= 4 is 23.4 Å². The lowest BCUT2D eigenvalue weighted by Gasteiger charge is -2.36. The van der Waals surface area contributed by atoms with Crippen molar-refractivity contribution in [1.29, 1.82) is 0 Å². The minimum absolute atomic E-state index is 0.101. The van der Waals surface area contributed by atoms with E-state index in [-0.39, 0.29) is 5.91 Å². The van der Waals surface area contributed by atoms with Crippen LogP contribution in [-0.2, 0) is 4.79 Å². The lowest BCUT2D eigenvalue weighted by Crippen LogP contribution is -2.49. The number of aryl methyl sites for hydroxylation is 1. The maximum atomic E-state index is 12.8. The van der Waals surface area contributed by atoms with Crippen LogP contribution in [0.1, 0.15) is 12.8 Å². The molecule has 1 aliphatic heterocycles. The largest absolute Gasteiger partial charge is 0.492 e. The summed E-state index contributed by atoms with van der Waals surface area (Å²) in [4.78, 5) is 25.7. The average Bonchev–Trinajstić information content (AvgIpc) is 3.24. The van der Waals surface area contributed by atoms with Crippen molar-refractivity contribution in [2.75, 3.05) is 43.4 Å². The fourth-order valence-corrected chi connectivity index (χ4v) is 4.39. The Morgan fingerprint density at radius 2 is 1.97 bits per heavy atom. The van der Waals surface area contributed by atoms with E-state index < -0.39 is 0 Å². The number of benzene rings is 1. The molecule has 0 atom stereocenters. The van der Waals surface area contributed by atoms with Gasteiger partial charge >= 0.3 is 0 Å². The van der Waals surface area contributed by atoms with Crippen molar-refractivity contribution in [3.05, 3.63) is 48.5 Å². The highest BCUT2D eigenvalue weighted by Crippen LogP contribution is 2.30. The Kier molecular flexibility index (Phi) is 6.71. The summed E-state index contributed by atoms with van der Waals surface area (Å²) < 4.78 is 10.8. The molecule has 31 heavy (non-hydrogen) atoms. The van der Waals surface area contributed by atoms with Gasteiger partial charge in [0.2, 0.25) is 17.6 Å². The Morgan fingerprint density at radius 1 is 1.16 bits per heavy atom. The number of carbonyl (C=O) groups is 1. The summed E-state index contributed by atoms with van der Waals surface area (Å²) in [6, 6.07) is 11.8. The summed E-state index contributed by atoms with van der Waals surface area (Å²) in [6.07, 6.45) is 1.71. The number of hydrogen-bond acceptors (Lipinski definition) is 8. The molecule has 0 N–H and O–H groups in total. The zero-order chi connectivity index (χ0) is 21.6. The number of aromatic nitrogens is 3. The zero-order valence-electron chi connectivity index (χ0n) is 17.7. The minimum Gasteiger partial charge on any atom is -0.492 e. The number of carbonyl (C=O) groups excluding carboxylic acids is 1. The molecule has 2 aromatic heterocycles. The first-order chi connectivity index (χ1) is 15.2. The van der Waals surface area contributed by atoms with Crippen molar-refractivity contribution in [3.63, 3.8) is 0 Å². The van der Waals surface area contributed by atoms with E-state index in [0.717, 1.165) is 35.1 Å². The number of rotatable bonds is 7. The summed E-state index contributed by atoms with van der Waals surface area (Å²) in [5, 5.41) is 4.69. The first-order valence-electron chi connectivity index (χ1n) is 10.3. The molecule has 1 aliphatic rings. The molecule has 3 aromatic rings. The summed E-state index contributed by atoms with van der Waals surface area (Å²) >= 11 is 1.40. The molecule has 1 saturated heterocycles. The number of ether oxygens (including phenoxy) is 1. The molecule has 1 amide bonds. The molecular formula is C22H25N5O3S. The number of para-hydroxylation sites is 2. The Balaban J connectivity index is 1.35. The minimum atomic E-state index is 0.101. The normalized spacial score (nSPS) is 14.0. The van der Waals surface area contributed by atoms with Crippen molar-refractivity contribution in [1.82, 2.24) is 20.0 Å². The molecule has 0 bridgehead atoms. The summed E-state index contributed by atoms with van der Waals surface area (Å²) in [6.45, 7) is 7.27. The van der Waals surface area contributed by atoms with Gasteiger partial charge in [-0.15, -0.1) is 0 Å². The highest BCUT2D eigenvalue weighted by atomic mass is 32.2. The van der Waals surface area contributed by atoms with Crippen LogP contribution in [0.15, 0.2) is 52.1 Å². The van der Waals surface area contributed by atoms with E-state index in [1.54, 1.807) is 13.1 Å². The smallest absolute Gasteiger partial charge is 0.233 e. The molecule has 4 rings (SSSR count). The van der Waals surface area contributed by atoms with E-state index in [2.05, 4.69) is 26.1 Å². The maximum Gasteiger partial charge on any atom is 0.233 e. The second-order valence-corrected chi connectivity index (χ2v) is 8.01. The van der Waals surface area contributed by atoms with E-state index in [1.165, 1.54) is 11.8 Å². The van der Waals surface area contributed by atoms with Gasteiger partial charge in [-0.3, -0.25) is 4.79 Å². The Morgan fingerprint density at radius 3 is 2.71 bits per heavy atom. The maximum absolute atomic E-state index is 12.8. The van der Waals surface area contributed by atoms with Gasteiger partial charge in [0.15, 0.2) is 0 Å². The molecule has 0 saturated carbocycles. The molecule has 0 spiro atoms. The average molecular weight is 440 g/mol. The second kappa shape index (κ2) is 9.82. The second-order valence-electron chi connectivity index (χ2n) is 7.05. The fraction of sp³-hybridized carbons (Fsp3) is 0.364. The van der Waals surface area contributed by atoms with E-state index in [9.17, 15) is 4.79 Å². The number of pyridine rings is 1. The Labute approximate surface area is 185 Å². The molecule has 0 radical (unpaired) electrons. The van der Waals surface area contributed by atoms with Crippen molar-refractivity contribution < 1.29 is 14.1 Å². The SMILES string of the molecule is CCOc1ccccc1N1CCN(C(=O)CSc2ncccc2-c2noc(C)n2)CC1. The summed E-state index contributed by atoms with van der Waals surface area (Å²) in [7, 11) is 0. The molecule has 9 heteroatoms. The molecule has 0 aliphatic carbocycles. The summed E-state index contributed by atoms with van der Waals surface area (Å²) in [5.41, 5.74) is 1.86. The van der Waals surface area contributed by atoms with Gasteiger partial charge in [0.1, 0.15) is 10.8 Å². The molecule has 1 fully saturated rings. The predicted octanol–water partition coefficient (Wildman–Crippen LogP) is 3.28. The quantitative estimate of drug-likeness (QED) is 0.519. The topological polar surface area (TPSA) is 84.6 Å². The Bertz CT molecular complexity index is 1030. The van der Waals surface area contributed by atoms with E-state index in [4.69, 9.17) is 9.26 Å². The van der Waals surface area contributed by atoms with Crippen LogP contribution in [0.25, 0.3) is 11.4 Å². The number of piperazine rings is 1. The Hall–Kier alpha value is -3.07. The van der Waals surface area contributed by atoms with Crippen LogP contribution < -0.4 is 9.64 Å². The van der Waals surface area contributed by atoms with Gasteiger partial charge in [-0.05, 0) is 31.2 Å². The van der Waals surface area contributed by atoms with Gasteiger partial charge < -0.3 is 19.1 Å². The summed E-state index contributed by atoms with van der Waals surface area (Å²) in [5.74, 6) is 2.29. The van der Waals surface area contributed by atoms with Crippen molar-refractivity contribution in [2.45, 2.75) is 18.9 Å². The molecular weight excluding hydrogens is 414 g/mol. The number of thioether (sulfide) groups is 1. The zero-order valence-corrected chi connectivity index (χ0v) is 18.5. The first kappa shape index (κ1) is 21.2. The van der Waals surface area contributed by atoms with Crippen LogP contribution >= 0.6 is 11.8 Å². The molecule has 8 nitrogen and oxygen atoms in total. The third-order valence-electron chi connectivity index (χ3n) is 5.01. The molecule has 3 heterocycles. The van der Waals surface area contributed by atoms with Gasteiger partial charge in [-0.2, -0.15) is 4.98 Å². The van der Waals surface area contributed by atoms with Gasteiger partial charge in [-0.25, -0.2) is 4.98 Å². The lowest BCUT2D eigenvalue weighted by atomic mass is 10.2. The number of hydrogen-bond donors (Lipinski definition) is 0. The molecule has 1 aromatic carbocycles. The van der Waals surface area contributed by atoms with Crippen LogP contribution in [0, 0.1) is 6.92 Å². The van der Waals surface area contributed by atoms with Gasteiger partial charge in [0.25, 0.3) is 0 Å². The first-order valence-corrected chi connectivity index (χ1v) is 11.3. The van der Waals surface area contributed by atoms with E-state index in [1.807, 2.05) is 42.2 Å². The third-order valence-corrected chi connectivity index (χ3v) is 6.00. The number of nitrogens with zero attached hydrogens (tertiary/aromatic N) is 5. The van der Waals surface area contributed by atoms with E-state index >= 15 is 0 Å². The molecule has 162 valence electrons. The molecule has 0 unspecified atom stereocenters. The van der Waals surface area contributed by atoms with Crippen LogP contribution in [0.4, 0.5) is 5.69 Å². The van der Waals surface area contributed by atoms with Gasteiger partial charge in [0.05, 0.1) is 23.6 Å². The number of anilines is 1. The van der Waals surface area contributed by atoms with Crippen LogP contribution in [0.2, 0.25) is 0 Å². The van der Waals surface area contributed by atoms with Crippen LogP contribution in [0.5, 0.6) is 5.75 Å². The number of amides is 1. The fourth-order valence-electron chi connectivity index (χ4n) is 3.50. The standard InChI is InChI=1S/C22H25N5O3S/c1-3-29-19-9-5-4-8-18(19)26-11-13-27(14-12-26)20(28)15-31-22-17(7-6-10-23-22)21-24-16(2)30-25-21/h4-10H,3,11-15H2,1-2H3. The van der Waals surface area contributed by atoms with Crippen molar-refractivity contribution in [3.8, 4) is 17.1 Å². The van der Waals surface area contributed by atoms with E-state index in [0.29, 0.717) is 37.2 Å². The lowest BCUT2D eigenvalue weighted by molar-refractivity contribution is -0.128. The van der Waals surface area contributed by atoms with Gasteiger partial charge in [0, 0.05) is 39.3 Å². The highest BCUT2D eigenvalue weighted by molar-refractivity contribution is 8.00. The van der Waals surface area contributed by atoms with Crippen LogP contribution in [0.3, 0.4) is 0 Å². The monoisotopic (exact) mass is 439 g/mol. The predicted molar refractivity (Wildman–Crippen MR) is 119 cm³/mol. The van der Waals surface area contributed by atoms with Crippen LogP contribution in [-0.4, -0.2) is 64.5 Å².